The number of aryl methyl sites for hydroxylation is 1. The van der Waals surface area contributed by atoms with Crippen LogP contribution in [0.4, 0.5) is 0 Å². The van der Waals surface area contributed by atoms with Crippen molar-refractivity contribution in [2.24, 2.45) is 7.05 Å². The number of nitrogens with zero attached hydrogens (tertiary/aromatic N) is 5. The first-order chi connectivity index (χ1) is 9.69. The highest BCUT2D eigenvalue weighted by molar-refractivity contribution is 5.04. The van der Waals surface area contributed by atoms with E-state index in [4.69, 9.17) is 4.74 Å². The van der Waals surface area contributed by atoms with Crippen molar-refractivity contribution in [3.8, 4) is 0 Å². The minimum atomic E-state index is 0.711. The summed E-state index contributed by atoms with van der Waals surface area (Å²) < 4.78 is 9.10. The van der Waals surface area contributed by atoms with Gasteiger partial charge in [-0.2, -0.15) is 5.10 Å². The van der Waals surface area contributed by atoms with E-state index in [9.17, 15) is 0 Å². The maximum atomic E-state index is 5.11. The van der Waals surface area contributed by atoms with Crippen molar-refractivity contribution in [1.29, 1.82) is 0 Å². The van der Waals surface area contributed by atoms with Crippen LogP contribution in [0.2, 0.25) is 0 Å². The summed E-state index contributed by atoms with van der Waals surface area (Å²) in [6, 6.07) is 0. The Morgan fingerprint density at radius 1 is 1.35 bits per heavy atom. The molecule has 2 rings (SSSR count). The summed E-state index contributed by atoms with van der Waals surface area (Å²) in [6.07, 6.45) is 8.80. The van der Waals surface area contributed by atoms with Crippen molar-refractivity contribution in [2.45, 2.75) is 19.5 Å². The molecule has 0 amide bonds. The van der Waals surface area contributed by atoms with Gasteiger partial charge in [0.1, 0.15) is 0 Å². The molecule has 0 N–H and O–H groups in total. The van der Waals surface area contributed by atoms with E-state index < -0.39 is 0 Å². The Morgan fingerprint density at radius 3 is 2.90 bits per heavy atom. The highest BCUT2D eigenvalue weighted by atomic mass is 16.5. The zero-order valence-corrected chi connectivity index (χ0v) is 12.5. The van der Waals surface area contributed by atoms with Gasteiger partial charge in [-0.25, -0.2) is 4.98 Å². The molecule has 0 unspecified atom stereocenters. The fourth-order valence-corrected chi connectivity index (χ4v) is 2.15. The lowest BCUT2D eigenvalue weighted by molar-refractivity contribution is 0.185. The average Bonchev–Trinajstić information content (AvgIpc) is 3.03. The predicted octanol–water partition coefficient (Wildman–Crippen LogP) is 0.938. The summed E-state index contributed by atoms with van der Waals surface area (Å²) in [7, 11) is 5.79. The van der Waals surface area contributed by atoms with Crippen molar-refractivity contribution in [1.82, 2.24) is 24.2 Å². The van der Waals surface area contributed by atoms with Crippen molar-refractivity contribution in [3.63, 3.8) is 0 Å². The molecule has 0 aliphatic heterocycles. The Morgan fingerprint density at radius 2 is 2.20 bits per heavy atom. The monoisotopic (exact) mass is 277 g/mol. The van der Waals surface area contributed by atoms with Crippen molar-refractivity contribution < 1.29 is 4.74 Å². The molecule has 0 bridgehead atoms. The molecule has 2 aromatic heterocycles. The van der Waals surface area contributed by atoms with Crippen LogP contribution < -0.4 is 0 Å². The summed E-state index contributed by atoms with van der Waals surface area (Å²) in [4.78, 5) is 6.52. The summed E-state index contributed by atoms with van der Waals surface area (Å²) in [5.74, 6) is 0. The quantitative estimate of drug-likeness (QED) is 0.720. The van der Waals surface area contributed by atoms with Gasteiger partial charge in [0.2, 0.25) is 0 Å². The molecule has 2 heterocycles. The number of rotatable bonds is 8. The van der Waals surface area contributed by atoms with Gasteiger partial charge in [-0.1, -0.05) is 0 Å². The SMILES string of the molecule is COCCn1cncc1CN(C)CCc1cnn(C)c1. The van der Waals surface area contributed by atoms with Crippen LogP contribution in [0.15, 0.2) is 24.9 Å². The molecular weight excluding hydrogens is 254 g/mol. The smallest absolute Gasteiger partial charge is 0.0949 e. The predicted molar refractivity (Wildman–Crippen MR) is 77.3 cm³/mol. The number of ether oxygens (including phenoxy) is 1. The second-order valence-corrected chi connectivity index (χ2v) is 5.08. The van der Waals surface area contributed by atoms with Gasteiger partial charge < -0.3 is 14.2 Å². The lowest BCUT2D eigenvalue weighted by Crippen LogP contribution is -2.22. The van der Waals surface area contributed by atoms with E-state index in [2.05, 4.69) is 32.8 Å². The first-order valence-electron chi connectivity index (χ1n) is 6.83. The van der Waals surface area contributed by atoms with Gasteiger partial charge >= 0.3 is 0 Å². The molecule has 0 aliphatic rings. The minimum absolute atomic E-state index is 0.711. The number of hydrogen-bond donors (Lipinski definition) is 0. The normalized spacial score (nSPS) is 11.4. The van der Waals surface area contributed by atoms with Gasteiger partial charge in [-0.3, -0.25) is 4.68 Å². The van der Waals surface area contributed by atoms with Crippen LogP contribution in [0.3, 0.4) is 0 Å². The fraction of sp³-hybridized carbons (Fsp3) is 0.571. The lowest BCUT2D eigenvalue weighted by Gasteiger charge is -2.17. The number of hydrogen-bond acceptors (Lipinski definition) is 4. The molecule has 0 saturated heterocycles. The molecule has 6 heteroatoms. The highest BCUT2D eigenvalue weighted by Gasteiger charge is 2.06. The standard InChI is InChI=1S/C14H23N5O/c1-17(5-4-13-8-16-18(2)10-13)11-14-9-15-12-19(14)6-7-20-3/h8-10,12H,4-7,11H2,1-3H3. The number of aromatic nitrogens is 4. The molecule has 20 heavy (non-hydrogen) atoms. The third-order valence-electron chi connectivity index (χ3n) is 3.31. The topological polar surface area (TPSA) is 48.1 Å². The molecular formula is C14H23N5O. The summed E-state index contributed by atoms with van der Waals surface area (Å²) in [5, 5.41) is 4.19. The van der Waals surface area contributed by atoms with Crippen LogP contribution in [0, 0.1) is 0 Å². The van der Waals surface area contributed by atoms with Gasteiger partial charge in [0, 0.05) is 46.2 Å². The van der Waals surface area contributed by atoms with E-state index in [1.54, 1.807) is 7.11 Å². The second-order valence-electron chi connectivity index (χ2n) is 5.08. The van der Waals surface area contributed by atoms with Crippen molar-refractivity contribution >= 4 is 0 Å². The van der Waals surface area contributed by atoms with Crippen LogP contribution in [0.1, 0.15) is 11.3 Å². The van der Waals surface area contributed by atoms with Gasteiger partial charge in [-0.05, 0) is 19.0 Å². The van der Waals surface area contributed by atoms with E-state index in [0.29, 0.717) is 6.61 Å². The van der Waals surface area contributed by atoms with Crippen LogP contribution in [-0.4, -0.2) is 51.5 Å². The maximum Gasteiger partial charge on any atom is 0.0949 e. The molecule has 0 aliphatic carbocycles. The van der Waals surface area contributed by atoms with Gasteiger partial charge in [0.25, 0.3) is 0 Å². The molecule has 0 aromatic carbocycles. The number of likely N-dealkylation sites (N-methyl/N-ethyl adjacent to an activating group) is 1. The Bertz CT molecular complexity index is 519. The Kier molecular flexibility index (Phi) is 5.31. The second kappa shape index (κ2) is 7.21. The summed E-state index contributed by atoms with van der Waals surface area (Å²) in [6.45, 7) is 3.45. The molecule has 0 saturated carbocycles. The Labute approximate surface area is 120 Å². The van der Waals surface area contributed by atoms with Crippen LogP contribution in [0.5, 0.6) is 0 Å². The highest BCUT2D eigenvalue weighted by Crippen LogP contribution is 2.05. The molecule has 2 aromatic rings. The molecule has 0 radical (unpaired) electrons. The third-order valence-corrected chi connectivity index (χ3v) is 3.31. The van der Waals surface area contributed by atoms with Crippen molar-refractivity contribution in [2.75, 3.05) is 27.3 Å². The van der Waals surface area contributed by atoms with Crippen LogP contribution >= 0.6 is 0 Å². The van der Waals surface area contributed by atoms with E-state index in [0.717, 1.165) is 26.1 Å². The number of imidazole rings is 1. The molecule has 6 nitrogen and oxygen atoms in total. The van der Waals surface area contributed by atoms with E-state index in [1.807, 2.05) is 30.5 Å². The molecule has 0 fully saturated rings. The van der Waals surface area contributed by atoms with E-state index in [1.165, 1.54) is 11.3 Å². The third kappa shape index (κ3) is 4.18. The maximum absolute atomic E-state index is 5.11. The molecule has 0 spiro atoms. The zero-order valence-electron chi connectivity index (χ0n) is 12.5. The van der Waals surface area contributed by atoms with Crippen molar-refractivity contribution in [3.05, 3.63) is 36.2 Å². The Balaban J connectivity index is 1.81. The molecule has 0 atom stereocenters. The summed E-state index contributed by atoms with van der Waals surface area (Å²) >= 11 is 0. The fourth-order valence-electron chi connectivity index (χ4n) is 2.15. The van der Waals surface area contributed by atoms with Crippen LogP contribution in [0.25, 0.3) is 0 Å². The summed E-state index contributed by atoms with van der Waals surface area (Å²) in [5.41, 5.74) is 2.49. The minimum Gasteiger partial charge on any atom is -0.383 e. The van der Waals surface area contributed by atoms with Gasteiger partial charge in [-0.15, -0.1) is 0 Å². The number of methoxy groups -OCH3 is 1. The van der Waals surface area contributed by atoms with E-state index >= 15 is 0 Å². The van der Waals surface area contributed by atoms with Crippen LogP contribution in [-0.2, 0) is 31.3 Å². The largest absolute Gasteiger partial charge is 0.383 e. The van der Waals surface area contributed by atoms with Gasteiger partial charge in [0.15, 0.2) is 0 Å². The molecule has 110 valence electrons. The van der Waals surface area contributed by atoms with Gasteiger partial charge in [0.05, 0.1) is 24.8 Å². The van der Waals surface area contributed by atoms with E-state index in [-0.39, 0.29) is 0 Å². The average molecular weight is 277 g/mol. The first-order valence-corrected chi connectivity index (χ1v) is 6.83. The first kappa shape index (κ1) is 14.7. The zero-order chi connectivity index (χ0) is 14.4. The lowest BCUT2D eigenvalue weighted by atomic mass is 10.2. The Hall–Kier alpha value is -1.66.